The van der Waals surface area contributed by atoms with E-state index in [4.69, 9.17) is 4.74 Å². The summed E-state index contributed by atoms with van der Waals surface area (Å²) in [6.45, 7) is 0.367. The van der Waals surface area contributed by atoms with Gasteiger partial charge in [0.15, 0.2) is 0 Å². The SMILES string of the molecule is CN1CN=C(c2cccs2)OC1=O. The van der Waals surface area contributed by atoms with Crippen LogP contribution < -0.4 is 0 Å². The fourth-order valence-corrected chi connectivity index (χ4v) is 1.62. The molecule has 0 atom stereocenters. The summed E-state index contributed by atoms with van der Waals surface area (Å²) in [5, 5.41) is 1.92. The summed E-state index contributed by atoms with van der Waals surface area (Å²) in [5.74, 6) is 0.429. The molecular formula is C8H8N2O2S. The molecule has 5 heteroatoms. The van der Waals surface area contributed by atoms with Gasteiger partial charge in [0.2, 0.25) is 5.90 Å². The molecular weight excluding hydrogens is 188 g/mol. The van der Waals surface area contributed by atoms with E-state index in [0.717, 1.165) is 4.88 Å². The third kappa shape index (κ3) is 1.55. The first kappa shape index (κ1) is 8.25. The molecule has 2 rings (SSSR count). The van der Waals surface area contributed by atoms with Crippen molar-refractivity contribution >= 4 is 23.3 Å². The van der Waals surface area contributed by atoms with Crippen LogP contribution in [0.3, 0.4) is 0 Å². The van der Waals surface area contributed by atoms with Crippen LogP contribution in [0.1, 0.15) is 4.88 Å². The molecule has 0 radical (unpaired) electrons. The van der Waals surface area contributed by atoms with Gasteiger partial charge in [-0.1, -0.05) is 6.07 Å². The first-order chi connectivity index (χ1) is 6.27. The molecule has 0 saturated heterocycles. The van der Waals surface area contributed by atoms with Crippen LogP contribution >= 0.6 is 11.3 Å². The van der Waals surface area contributed by atoms with Crippen molar-refractivity contribution in [2.45, 2.75) is 0 Å². The molecule has 0 saturated carbocycles. The topological polar surface area (TPSA) is 41.9 Å². The number of aliphatic imine (C=N–C) groups is 1. The molecule has 0 bridgehead atoms. The fourth-order valence-electron chi connectivity index (χ4n) is 0.949. The Morgan fingerprint density at radius 2 is 2.54 bits per heavy atom. The number of carbonyl (C=O) groups is 1. The van der Waals surface area contributed by atoms with E-state index in [2.05, 4.69) is 4.99 Å². The van der Waals surface area contributed by atoms with Crippen LogP contribution in [0.4, 0.5) is 4.79 Å². The smallest absolute Gasteiger partial charge is 0.390 e. The minimum atomic E-state index is -0.349. The van der Waals surface area contributed by atoms with Crippen molar-refractivity contribution in [3.05, 3.63) is 22.4 Å². The zero-order chi connectivity index (χ0) is 9.26. The van der Waals surface area contributed by atoms with E-state index in [1.807, 2.05) is 17.5 Å². The van der Waals surface area contributed by atoms with Gasteiger partial charge >= 0.3 is 6.09 Å². The Hall–Kier alpha value is -1.36. The lowest BCUT2D eigenvalue weighted by Gasteiger charge is -2.19. The van der Waals surface area contributed by atoms with Gasteiger partial charge in [0.1, 0.15) is 6.67 Å². The van der Waals surface area contributed by atoms with Crippen molar-refractivity contribution in [3.63, 3.8) is 0 Å². The minimum Gasteiger partial charge on any atom is -0.390 e. The highest BCUT2D eigenvalue weighted by atomic mass is 32.1. The van der Waals surface area contributed by atoms with Crippen LogP contribution in [-0.4, -0.2) is 30.6 Å². The Kier molecular flexibility index (Phi) is 2.02. The third-order valence-electron chi connectivity index (χ3n) is 1.65. The highest BCUT2D eigenvalue weighted by Gasteiger charge is 2.20. The minimum absolute atomic E-state index is 0.349. The second-order valence-corrected chi connectivity index (χ2v) is 3.60. The largest absolute Gasteiger partial charge is 0.417 e. The number of hydrogen-bond donors (Lipinski definition) is 0. The van der Waals surface area contributed by atoms with E-state index in [-0.39, 0.29) is 6.09 Å². The summed E-state index contributed by atoms with van der Waals surface area (Å²) in [4.78, 5) is 17.5. The van der Waals surface area contributed by atoms with Crippen LogP contribution in [-0.2, 0) is 4.74 Å². The normalized spacial score (nSPS) is 16.8. The molecule has 68 valence electrons. The fraction of sp³-hybridized carbons (Fsp3) is 0.250. The van der Waals surface area contributed by atoms with Gasteiger partial charge in [-0.3, -0.25) is 4.90 Å². The van der Waals surface area contributed by atoms with Crippen LogP contribution in [0.2, 0.25) is 0 Å². The van der Waals surface area contributed by atoms with Crippen LogP contribution in [0.15, 0.2) is 22.5 Å². The number of thiophene rings is 1. The van der Waals surface area contributed by atoms with E-state index >= 15 is 0 Å². The van der Waals surface area contributed by atoms with Gasteiger partial charge in [-0.05, 0) is 11.4 Å². The molecule has 1 aliphatic heterocycles. The standard InChI is InChI=1S/C8H8N2O2S/c1-10-5-9-7(12-8(10)11)6-3-2-4-13-6/h2-4H,5H2,1H3. The van der Waals surface area contributed by atoms with E-state index in [1.165, 1.54) is 16.2 Å². The first-order valence-electron chi connectivity index (χ1n) is 3.78. The van der Waals surface area contributed by atoms with Crippen LogP contribution in [0.5, 0.6) is 0 Å². The zero-order valence-corrected chi connectivity index (χ0v) is 7.87. The second-order valence-electron chi connectivity index (χ2n) is 2.65. The summed E-state index contributed by atoms with van der Waals surface area (Å²) >= 11 is 1.51. The molecule has 0 fully saturated rings. The maximum atomic E-state index is 11.1. The number of ether oxygens (including phenoxy) is 1. The maximum Gasteiger partial charge on any atom is 0.417 e. The number of hydrogen-bond acceptors (Lipinski definition) is 4. The first-order valence-corrected chi connectivity index (χ1v) is 4.66. The molecule has 4 nitrogen and oxygen atoms in total. The number of carbonyl (C=O) groups excluding carboxylic acids is 1. The summed E-state index contributed by atoms with van der Waals surface area (Å²) in [6, 6.07) is 3.77. The van der Waals surface area contributed by atoms with Crippen molar-refractivity contribution in [2.75, 3.05) is 13.7 Å². The van der Waals surface area contributed by atoms with Gasteiger partial charge < -0.3 is 4.74 Å². The van der Waals surface area contributed by atoms with Crippen molar-refractivity contribution < 1.29 is 9.53 Å². The van der Waals surface area contributed by atoms with Crippen molar-refractivity contribution in [3.8, 4) is 0 Å². The molecule has 0 N–H and O–H groups in total. The van der Waals surface area contributed by atoms with Crippen LogP contribution in [0.25, 0.3) is 0 Å². The van der Waals surface area contributed by atoms with Gasteiger partial charge in [0.25, 0.3) is 0 Å². The van der Waals surface area contributed by atoms with Gasteiger partial charge in [-0.15, -0.1) is 11.3 Å². The molecule has 0 aromatic carbocycles. The summed E-state index contributed by atoms with van der Waals surface area (Å²) < 4.78 is 4.99. The number of nitrogens with zero attached hydrogens (tertiary/aromatic N) is 2. The van der Waals surface area contributed by atoms with E-state index in [9.17, 15) is 4.79 Å². The number of rotatable bonds is 1. The van der Waals surface area contributed by atoms with Crippen molar-refractivity contribution in [1.29, 1.82) is 0 Å². The summed E-state index contributed by atoms with van der Waals surface area (Å²) in [5.41, 5.74) is 0. The monoisotopic (exact) mass is 196 g/mol. The van der Waals surface area contributed by atoms with E-state index < -0.39 is 0 Å². The third-order valence-corrected chi connectivity index (χ3v) is 2.51. The highest BCUT2D eigenvalue weighted by molar-refractivity contribution is 7.12. The highest BCUT2D eigenvalue weighted by Crippen LogP contribution is 2.14. The molecule has 1 aromatic rings. The Bertz CT molecular complexity index is 345. The number of cyclic esters (lactones) is 1. The lowest BCUT2D eigenvalue weighted by molar-refractivity contribution is 0.153. The zero-order valence-electron chi connectivity index (χ0n) is 7.06. The van der Waals surface area contributed by atoms with E-state index in [0.29, 0.717) is 12.6 Å². The van der Waals surface area contributed by atoms with Gasteiger partial charge in [-0.2, -0.15) is 0 Å². The molecule has 2 heterocycles. The van der Waals surface area contributed by atoms with Gasteiger partial charge in [0, 0.05) is 7.05 Å². The lowest BCUT2D eigenvalue weighted by Crippen LogP contribution is -2.34. The lowest BCUT2D eigenvalue weighted by atomic mass is 10.4. The van der Waals surface area contributed by atoms with Crippen molar-refractivity contribution in [1.82, 2.24) is 4.90 Å². The Balaban J connectivity index is 2.23. The van der Waals surface area contributed by atoms with E-state index in [1.54, 1.807) is 7.05 Å². The summed E-state index contributed by atoms with van der Waals surface area (Å²) in [7, 11) is 1.65. The van der Waals surface area contributed by atoms with Crippen LogP contribution in [0, 0.1) is 0 Å². The Labute approximate surface area is 79.5 Å². The number of amides is 1. The van der Waals surface area contributed by atoms with Gasteiger partial charge in [0.05, 0.1) is 4.88 Å². The molecule has 0 unspecified atom stereocenters. The summed E-state index contributed by atoms with van der Waals surface area (Å²) in [6.07, 6.45) is -0.349. The average Bonchev–Trinajstić information content (AvgIpc) is 2.62. The van der Waals surface area contributed by atoms with Crippen molar-refractivity contribution in [2.24, 2.45) is 4.99 Å². The molecule has 0 aliphatic carbocycles. The Morgan fingerprint density at radius 1 is 1.69 bits per heavy atom. The van der Waals surface area contributed by atoms with Gasteiger partial charge in [-0.25, -0.2) is 9.79 Å². The average molecular weight is 196 g/mol. The predicted octanol–water partition coefficient (Wildman–Crippen LogP) is 1.53. The molecule has 1 aliphatic rings. The second kappa shape index (κ2) is 3.18. The molecule has 1 aromatic heterocycles. The Morgan fingerprint density at radius 3 is 3.15 bits per heavy atom. The molecule has 0 spiro atoms. The molecule has 1 amide bonds. The maximum absolute atomic E-state index is 11.1. The predicted molar refractivity (Wildman–Crippen MR) is 50.0 cm³/mol. The molecule has 13 heavy (non-hydrogen) atoms. The quantitative estimate of drug-likeness (QED) is 0.683.